The van der Waals surface area contributed by atoms with E-state index in [-0.39, 0.29) is 17.3 Å². The van der Waals surface area contributed by atoms with Gasteiger partial charge in [-0.25, -0.2) is 4.98 Å². The van der Waals surface area contributed by atoms with Crippen molar-refractivity contribution in [1.29, 1.82) is 0 Å². The van der Waals surface area contributed by atoms with Gasteiger partial charge < -0.3 is 5.11 Å². The van der Waals surface area contributed by atoms with Gasteiger partial charge in [-0.3, -0.25) is 4.79 Å². The predicted octanol–water partition coefficient (Wildman–Crippen LogP) is 2.67. The molecule has 0 radical (unpaired) electrons. The van der Waals surface area contributed by atoms with Gasteiger partial charge in [-0.2, -0.15) is 0 Å². The molecule has 2 unspecified atom stereocenters. The summed E-state index contributed by atoms with van der Waals surface area (Å²) < 4.78 is 0.756. The second-order valence-electron chi connectivity index (χ2n) is 4.50. The third-order valence-corrected chi connectivity index (χ3v) is 3.88. The van der Waals surface area contributed by atoms with Crippen LogP contribution in [0.2, 0.25) is 0 Å². The molecule has 2 atom stereocenters. The monoisotopic (exact) mass is 269 g/mol. The SMILES string of the molecule is CC1(C)C(C(=O)O)C1c1cccnc1Br. The number of carboxylic acids is 1. The third kappa shape index (κ3) is 1.57. The third-order valence-electron chi connectivity index (χ3n) is 3.22. The zero-order chi connectivity index (χ0) is 11.2. The summed E-state index contributed by atoms with van der Waals surface area (Å²) in [6, 6.07) is 3.78. The number of carbonyl (C=O) groups is 1. The van der Waals surface area contributed by atoms with Gasteiger partial charge in [0.1, 0.15) is 4.60 Å². The number of rotatable bonds is 2. The molecule has 1 N–H and O–H groups in total. The first-order valence-electron chi connectivity index (χ1n) is 4.79. The summed E-state index contributed by atoms with van der Waals surface area (Å²) in [4.78, 5) is 15.2. The van der Waals surface area contributed by atoms with E-state index in [0.717, 1.165) is 10.2 Å². The van der Waals surface area contributed by atoms with Gasteiger partial charge in [0.25, 0.3) is 0 Å². The van der Waals surface area contributed by atoms with Crippen molar-refractivity contribution in [2.24, 2.45) is 11.3 Å². The summed E-state index contributed by atoms with van der Waals surface area (Å²) in [5, 5.41) is 9.08. The Labute approximate surface area is 96.7 Å². The molecular weight excluding hydrogens is 258 g/mol. The first kappa shape index (κ1) is 10.6. The zero-order valence-electron chi connectivity index (χ0n) is 8.57. The maximum Gasteiger partial charge on any atom is 0.307 e. The summed E-state index contributed by atoms with van der Waals surface area (Å²) in [5.74, 6) is -0.947. The van der Waals surface area contributed by atoms with Crippen molar-refractivity contribution in [2.45, 2.75) is 19.8 Å². The smallest absolute Gasteiger partial charge is 0.307 e. The van der Waals surface area contributed by atoms with Crippen LogP contribution in [0.15, 0.2) is 22.9 Å². The van der Waals surface area contributed by atoms with Crippen molar-refractivity contribution in [3.05, 3.63) is 28.5 Å². The largest absolute Gasteiger partial charge is 0.481 e. The number of nitrogens with zero attached hydrogens (tertiary/aromatic N) is 1. The van der Waals surface area contributed by atoms with E-state index in [4.69, 9.17) is 5.11 Å². The van der Waals surface area contributed by atoms with E-state index in [1.54, 1.807) is 6.20 Å². The molecule has 1 heterocycles. The van der Waals surface area contributed by atoms with E-state index < -0.39 is 5.97 Å². The van der Waals surface area contributed by atoms with E-state index in [2.05, 4.69) is 20.9 Å². The van der Waals surface area contributed by atoms with E-state index >= 15 is 0 Å². The van der Waals surface area contributed by atoms with Gasteiger partial charge in [-0.15, -0.1) is 0 Å². The van der Waals surface area contributed by atoms with E-state index in [1.807, 2.05) is 26.0 Å². The van der Waals surface area contributed by atoms with E-state index in [1.165, 1.54) is 0 Å². The number of aliphatic carboxylic acids is 1. The molecule has 80 valence electrons. The van der Waals surface area contributed by atoms with Crippen molar-refractivity contribution < 1.29 is 9.90 Å². The highest BCUT2D eigenvalue weighted by atomic mass is 79.9. The average Bonchev–Trinajstić information content (AvgIpc) is 2.70. The highest BCUT2D eigenvalue weighted by Gasteiger charge is 2.63. The fourth-order valence-electron chi connectivity index (χ4n) is 2.31. The van der Waals surface area contributed by atoms with Crippen LogP contribution in [0, 0.1) is 11.3 Å². The molecule has 2 rings (SSSR count). The Morgan fingerprint density at radius 3 is 2.73 bits per heavy atom. The number of halogens is 1. The number of hydrogen-bond acceptors (Lipinski definition) is 2. The summed E-state index contributed by atoms with van der Waals surface area (Å²) in [5.41, 5.74) is 0.826. The van der Waals surface area contributed by atoms with Gasteiger partial charge in [0.05, 0.1) is 5.92 Å². The lowest BCUT2D eigenvalue weighted by Gasteiger charge is -2.03. The van der Waals surface area contributed by atoms with E-state index in [9.17, 15) is 4.79 Å². The second kappa shape index (κ2) is 3.30. The lowest BCUT2D eigenvalue weighted by molar-refractivity contribution is -0.139. The molecule has 0 amide bonds. The van der Waals surface area contributed by atoms with Crippen molar-refractivity contribution in [2.75, 3.05) is 0 Å². The number of carboxylic acid groups (broad SMARTS) is 1. The number of pyridine rings is 1. The predicted molar refractivity (Wildman–Crippen MR) is 59.6 cm³/mol. The standard InChI is InChI=1S/C11H12BrNO2/c1-11(2)7(8(11)10(14)15)6-4-3-5-13-9(6)12/h3-5,7-8H,1-2H3,(H,14,15). The molecule has 1 aliphatic rings. The topological polar surface area (TPSA) is 50.2 Å². The summed E-state index contributed by atoms with van der Waals surface area (Å²) >= 11 is 3.36. The van der Waals surface area contributed by atoms with Crippen LogP contribution >= 0.6 is 15.9 Å². The Morgan fingerprint density at radius 2 is 2.27 bits per heavy atom. The maximum absolute atomic E-state index is 11.0. The number of aromatic nitrogens is 1. The lowest BCUT2D eigenvalue weighted by atomic mass is 10.1. The Bertz CT molecular complexity index is 417. The maximum atomic E-state index is 11.0. The van der Waals surface area contributed by atoms with Gasteiger partial charge in [-0.05, 0) is 33.0 Å². The Morgan fingerprint density at radius 1 is 1.60 bits per heavy atom. The molecule has 1 fully saturated rings. The van der Waals surface area contributed by atoms with Gasteiger partial charge >= 0.3 is 5.97 Å². The molecule has 0 saturated heterocycles. The molecule has 1 aromatic rings. The minimum Gasteiger partial charge on any atom is -0.481 e. The van der Waals surface area contributed by atoms with Gasteiger partial charge in [-0.1, -0.05) is 19.9 Å². The molecule has 1 aliphatic carbocycles. The molecule has 0 bridgehead atoms. The summed E-state index contributed by atoms with van der Waals surface area (Å²) in [6.07, 6.45) is 1.69. The minimum atomic E-state index is -0.722. The van der Waals surface area contributed by atoms with Crippen LogP contribution in [0.1, 0.15) is 25.3 Å². The minimum absolute atomic E-state index is 0.0677. The molecule has 0 spiro atoms. The molecule has 3 nitrogen and oxygen atoms in total. The lowest BCUT2D eigenvalue weighted by Crippen LogP contribution is -2.03. The Kier molecular flexibility index (Phi) is 2.34. The van der Waals surface area contributed by atoms with Crippen LogP contribution in [-0.4, -0.2) is 16.1 Å². The van der Waals surface area contributed by atoms with Gasteiger partial charge in [0.15, 0.2) is 0 Å². The molecule has 4 heteroatoms. The molecule has 0 aliphatic heterocycles. The first-order chi connectivity index (χ1) is 6.96. The van der Waals surface area contributed by atoms with Gasteiger partial charge in [0.2, 0.25) is 0 Å². The fraction of sp³-hybridized carbons (Fsp3) is 0.455. The average molecular weight is 270 g/mol. The summed E-state index contributed by atoms with van der Waals surface area (Å²) in [6.45, 7) is 3.96. The van der Waals surface area contributed by atoms with Crippen molar-refractivity contribution >= 4 is 21.9 Å². The molecule has 15 heavy (non-hydrogen) atoms. The van der Waals surface area contributed by atoms with Crippen LogP contribution in [0.5, 0.6) is 0 Å². The molecule has 0 aromatic carbocycles. The molecular formula is C11H12BrNO2. The van der Waals surface area contributed by atoms with Crippen molar-refractivity contribution in [3.63, 3.8) is 0 Å². The molecule has 1 aromatic heterocycles. The van der Waals surface area contributed by atoms with Gasteiger partial charge in [0, 0.05) is 12.1 Å². The van der Waals surface area contributed by atoms with Crippen LogP contribution in [0.4, 0.5) is 0 Å². The number of hydrogen-bond donors (Lipinski definition) is 1. The van der Waals surface area contributed by atoms with Crippen LogP contribution < -0.4 is 0 Å². The first-order valence-corrected chi connectivity index (χ1v) is 5.58. The second-order valence-corrected chi connectivity index (χ2v) is 5.25. The van der Waals surface area contributed by atoms with Crippen molar-refractivity contribution in [1.82, 2.24) is 4.98 Å². The summed E-state index contributed by atoms with van der Waals surface area (Å²) in [7, 11) is 0. The highest BCUT2D eigenvalue weighted by molar-refractivity contribution is 9.10. The van der Waals surface area contributed by atoms with Crippen LogP contribution in [0.3, 0.4) is 0 Å². The Balaban J connectivity index is 2.36. The Hall–Kier alpha value is -0.900. The fourth-order valence-corrected chi connectivity index (χ4v) is 2.81. The normalized spacial score (nSPS) is 27.4. The van der Waals surface area contributed by atoms with Crippen molar-refractivity contribution in [3.8, 4) is 0 Å². The zero-order valence-corrected chi connectivity index (χ0v) is 10.2. The molecule has 1 saturated carbocycles. The van der Waals surface area contributed by atoms with Crippen LogP contribution in [-0.2, 0) is 4.79 Å². The highest BCUT2D eigenvalue weighted by Crippen LogP contribution is 2.65. The van der Waals surface area contributed by atoms with E-state index in [0.29, 0.717) is 0 Å². The van der Waals surface area contributed by atoms with Crippen LogP contribution in [0.25, 0.3) is 0 Å². The quantitative estimate of drug-likeness (QED) is 0.840.